The summed E-state index contributed by atoms with van der Waals surface area (Å²) in [4.78, 5) is 12.1. The Balaban J connectivity index is 1.41. The number of nitrogens with zero attached hydrogens (tertiary/aromatic N) is 2. The number of carbonyl (C=O) groups excluding carboxylic acids is 1. The molecule has 0 saturated carbocycles. The number of hydrogen-bond acceptors (Lipinski definition) is 5. The van der Waals surface area contributed by atoms with Crippen LogP contribution in [0.3, 0.4) is 0 Å². The van der Waals surface area contributed by atoms with Crippen molar-refractivity contribution in [2.24, 2.45) is 0 Å². The molecule has 3 rings (SSSR count). The molecule has 0 aliphatic rings. The van der Waals surface area contributed by atoms with Gasteiger partial charge in [-0.05, 0) is 48.2 Å². The van der Waals surface area contributed by atoms with Gasteiger partial charge in [-0.3, -0.25) is 4.79 Å². The third-order valence-electron chi connectivity index (χ3n) is 4.25. The Morgan fingerprint density at radius 1 is 0.893 bits per heavy atom. The summed E-state index contributed by atoms with van der Waals surface area (Å²) >= 11 is 0. The van der Waals surface area contributed by atoms with Crippen molar-refractivity contribution in [1.82, 2.24) is 10.2 Å². The molecule has 0 unspecified atom stereocenters. The summed E-state index contributed by atoms with van der Waals surface area (Å²) < 4.78 is 5.11. The first-order valence-corrected chi connectivity index (χ1v) is 9.27. The number of benzene rings is 2. The number of amides is 1. The van der Waals surface area contributed by atoms with Crippen molar-refractivity contribution < 1.29 is 9.53 Å². The molecule has 0 aliphatic heterocycles. The summed E-state index contributed by atoms with van der Waals surface area (Å²) in [6.45, 7) is 0.812. The van der Waals surface area contributed by atoms with Crippen LogP contribution >= 0.6 is 0 Å². The van der Waals surface area contributed by atoms with Crippen LogP contribution in [-0.2, 0) is 17.6 Å². The third-order valence-corrected chi connectivity index (χ3v) is 4.25. The maximum absolute atomic E-state index is 12.1. The van der Waals surface area contributed by atoms with Gasteiger partial charge in [-0.25, -0.2) is 0 Å². The number of anilines is 2. The molecular formula is C22H24N4O2. The minimum absolute atomic E-state index is 0.136. The summed E-state index contributed by atoms with van der Waals surface area (Å²) in [5.41, 5.74) is 2.23. The Kier molecular flexibility index (Phi) is 6.95. The standard InChI is InChI=1S/C22H24N4O2/c1-28-19-11-9-18(10-12-19)16-22(27)24-21-14-13-20(25-26-21)23-15-5-8-17-6-3-2-4-7-17/h2-4,6-7,9-14H,5,8,15-16H2,1H3,(H,23,25)(H,24,26,27). The molecule has 6 heteroatoms. The van der Waals surface area contributed by atoms with Crippen molar-refractivity contribution in [3.05, 3.63) is 77.9 Å². The molecule has 28 heavy (non-hydrogen) atoms. The number of carbonyl (C=O) groups is 1. The summed E-state index contributed by atoms with van der Waals surface area (Å²) in [7, 11) is 1.61. The van der Waals surface area contributed by atoms with Gasteiger partial charge < -0.3 is 15.4 Å². The molecule has 144 valence electrons. The highest BCUT2D eigenvalue weighted by molar-refractivity contribution is 5.91. The van der Waals surface area contributed by atoms with E-state index < -0.39 is 0 Å². The van der Waals surface area contributed by atoms with E-state index in [-0.39, 0.29) is 12.3 Å². The summed E-state index contributed by atoms with van der Waals surface area (Å²) in [6, 6.07) is 21.4. The Labute approximate surface area is 165 Å². The van der Waals surface area contributed by atoms with Crippen LogP contribution in [0, 0.1) is 0 Å². The average Bonchev–Trinajstić information content (AvgIpc) is 2.73. The van der Waals surface area contributed by atoms with Crippen LogP contribution in [0.25, 0.3) is 0 Å². The fourth-order valence-electron chi connectivity index (χ4n) is 2.76. The lowest BCUT2D eigenvalue weighted by Gasteiger charge is -2.07. The molecule has 1 amide bonds. The van der Waals surface area contributed by atoms with Crippen LogP contribution in [0.2, 0.25) is 0 Å². The van der Waals surface area contributed by atoms with Crippen LogP contribution in [0.4, 0.5) is 11.6 Å². The van der Waals surface area contributed by atoms with Crippen molar-refractivity contribution >= 4 is 17.5 Å². The zero-order valence-electron chi connectivity index (χ0n) is 15.9. The largest absolute Gasteiger partial charge is 0.497 e. The summed E-state index contributed by atoms with van der Waals surface area (Å²) in [6.07, 6.45) is 2.29. The average molecular weight is 376 g/mol. The second-order valence-corrected chi connectivity index (χ2v) is 6.39. The molecule has 3 aromatic rings. The Hall–Kier alpha value is -3.41. The van der Waals surface area contributed by atoms with Gasteiger partial charge in [0.1, 0.15) is 11.6 Å². The minimum atomic E-state index is -0.136. The van der Waals surface area contributed by atoms with Gasteiger partial charge in [-0.1, -0.05) is 42.5 Å². The van der Waals surface area contributed by atoms with Crippen LogP contribution in [0.1, 0.15) is 17.5 Å². The van der Waals surface area contributed by atoms with Gasteiger partial charge in [0, 0.05) is 6.54 Å². The van der Waals surface area contributed by atoms with E-state index in [0.717, 1.165) is 30.7 Å². The lowest BCUT2D eigenvalue weighted by atomic mass is 10.1. The number of aromatic nitrogens is 2. The lowest BCUT2D eigenvalue weighted by Crippen LogP contribution is -2.16. The first kappa shape index (κ1) is 19.4. The normalized spacial score (nSPS) is 10.3. The quantitative estimate of drug-likeness (QED) is 0.557. The Morgan fingerprint density at radius 2 is 1.61 bits per heavy atom. The van der Waals surface area contributed by atoms with Gasteiger partial charge >= 0.3 is 0 Å². The molecule has 0 aliphatic carbocycles. The first-order chi connectivity index (χ1) is 13.7. The Morgan fingerprint density at radius 3 is 2.29 bits per heavy atom. The highest BCUT2D eigenvalue weighted by Gasteiger charge is 2.06. The van der Waals surface area contributed by atoms with E-state index in [1.165, 1.54) is 5.56 Å². The number of ether oxygens (including phenoxy) is 1. The van der Waals surface area contributed by atoms with E-state index in [1.54, 1.807) is 13.2 Å². The molecule has 0 radical (unpaired) electrons. The third kappa shape index (κ3) is 6.09. The van der Waals surface area contributed by atoms with Crippen molar-refractivity contribution in [3.63, 3.8) is 0 Å². The van der Waals surface area contributed by atoms with E-state index in [2.05, 4.69) is 45.1 Å². The van der Waals surface area contributed by atoms with E-state index in [4.69, 9.17) is 4.74 Å². The van der Waals surface area contributed by atoms with E-state index in [1.807, 2.05) is 36.4 Å². The number of methoxy groups -OCH3 is 1. The fraction of sp³-hybridized carbons (Fsp3) is 0.227. The number of hydrogen-bond donors (Lipinski definition) is 2. The second-order valence-electron chi connectivity index (χ2n) is 6.39. The van der Waals surface area contributed by atoms with Crippen molar-refractivity contribution in [2.75, 3.05) is 24.3 Å². The van der Waals surface area contributed by atoms with Crippen molar-refractivity contribution in [2.45, 2.75) is 19.3 Å². The summed E-state index contributed by atoms with van der Waals surface area (Å²) in [5, 5.41) is 14.2. The second kappa shape index (κ2) is 10.1. The van der Waals surface area contributed by atoms with E-state index >= 15 is 0 Å². The summed E-state index contributed by atoms with van der Waals surface area (Å²) in [5.74, 6) is 1.76. The lowest BCUT2D eigenvalue weighted by molar-refractivity contribution is -0.115. The molecule has 0 spiro atoms. The smallest absolute Gasteiger partial charge is 0.229 e. The van der Waals surface area contributed by atoms with Crippen LogP contribution < -0.4 is 15.4 Å². The molecule has 1 aromatic heterocycles. The van der Waals surface area contributed by atoms with Crippen LogP contribution in [-0.4, -0.2) is 29.8 Å². The number of rotatable bonds is 9. The molecule has 1 heterocycles. The molecule has 2 aromatic carbocycles. The molecule has 0 atom stereocenters. The number of aryl methyl sites for hydroxylation is 1. The van der Waals surface area contributed by atoms with E-state index in [0.29, 0.717) is 11.6 Å². The van der Waals surface area contributed by atoms with Crippen molar-refractivity contribution in [1.29, 1.82) is 0 Å². The predicted octanol–water partition coefficient (Wildman–Crippen LogP) is 3.71. The minimum Gasteiger partial charge on any atom is -0.497 e. The van der Waals surface area contributed by atoms with Gasteiger partial charge in [0.05, 0.1) is 13.5 Å². The molecule has 2 N–H and O–H groups in total. The zero-order chi connectivity index (χ0) is 19.6. The van der Waals surface area contributed by atoms with Crippen molar-refractivity contribution in [3.8, 4) is 5.75 Å². The maximum atomic E-state index is 12.1. The molecule has 0 bridgehead atoms. The van der Waals surface area contributed by atoms with Gasteiger partial charge in [0.2, 0.25) is 5.91 Å². The zero-order valence-corrected chi connectivity index (χ0v) is 15.9. The molecular weight excluding hydrogens is 352 g/mol. The predicted molar refractivity (Wildman–Crippen MR) is 111 cm³/mol. The molecule has 0 fully saturated rings. The molecule has 6 nitrogen and oxygen atoms in total. The van der Waals surface area contributed by atoms with Gasteiger partial charge in [0.15, 0.2) is 5.82 Å². The number of nitrogens with one attached hydrogen (secondary N) is 2. The molecule has 0 saturated heterocycles. The van der Waals surface area contributed by atoms with Crippen LogP contribution in [0.15, 0.2) is 66.7 Å². The van der Waals surface area contributed by atoms with Gasteiger partial charge in [-0.2, -0.15) is 0 Å². The SMILES string of the molecule is COc1ccc(CC(=O)Nc2ccc(NCCCc3ccccc3)nn2)cc1. The highest BCUT2D eigenvalue weighted by atomic mass is 16.5. The topological polar surface area (TPSA) is 76.1 Å². The highest BCUT2D eigenvalue weighted by Crippen LogP contribution is 2.13. The first-order valence-electron chi connectivity index (χ1n) is 9.27. The fourth-order valence-corrected chi connectivity index (χ4v) is 2.76. The van der Waals surface area contributed by atoms with E-state index in [9.17, 15) is 4.79 Å². The van der Waals surface area contributed by atoms with Crippen LogP contribution in [0.5, 0.6) is 5.75 Å². The Bertz CT molecular complexity index is 865. The van der Waals surface area contributed by atoms with Gasteiger partial charge in [-0.15, -0.1) is 10.2 Å². The van der Waals surface area contributed by atoms with Gasteiger partial charge in [0.25, 0.3) is 0 Å². The monoisotopic (exact) mass is 376 g/mol. The maximum Gasteiger partial charge on any atom is 0.229 e.